The van der Waals surface area contributed by atoms with E-state index in [1.165, 1.54) is 19.1 Å². The first kappa shape index (κ1) is 16.7. The van der Waals surface area contributed by atoms with Gasteiger partial charge in [-0.15, -0.1) is 0 Å². The number of amides is 1. The summed E-state index contributed by atoms with van der Waals surface area (Å²) in [7, 11) is -3.94. The van der Waals surface area contributed by atoms with Crippen LogP contribution in [0.3, 0.4) is 0 Å². The number of carboxylic acids is 1. The van der Waals surface area contributed by atoms with E-state index in [4.69, 9.17) is 17.3 Å². The fourth-order valence-electron chi connectivity index (χ4n) is 2.30. The molecule has 1 atom stereocenters. The second kappa shape index (κ2) is 5.53. The molecule has 1 heterocycles. The van der Waals surface area contributed by atoms with E-state index in [9.17, 15) is 23.1 Å². The number of hydrogen-bond acceptors (Lipinski definition) is 4. The average Bonchev–Trinajstić information content (AvgIpc) is 2.83. The molecule has 0 aromatic heterocycles. The van der Waals surface area contributed by atoms with Crippen molar-refractivity contribution in [2.45, 2.75) is 18.2 Å². The van der Waals surface area contributed by atoms with E-state index in [1.54, 1.807) is 0 Å². The maximum absolute atomic E-state index is 12.6. The normalized spacial score (nSPS) is 22.6. The summed E-state index contributed by atoms with van der Waals surface area (Å²) in [6.45, 7) is 1.45. The Balaban J connectivity index is 2.40. The highest BCUT2D eigenvalue weighted by molar-refractivity contribution is 7.89. The van der Waals surface area contributed by atoms with Gasteiger partial charge in [0.15, 0.2) is 0 Å². The van der Waals surface area contributed by atoms with Gasteiger partial charge < -0.3 is 10.8 Å². The number of carbonyl (C=O) groups is 2. The maximum Gasteiger partial charge on any atom is 0.310 e. The fraction of sp³-hybridized carbons (Fsp3) is 0.385. The average molecular weight is 347 g/mol. The quantitative estimate of drug-likeness (QED) is 0.840. The summed E-state index contributed by atoms with van der Waals surface area (Å²) >= 11 is 5.83. The van der Waals surface area contributed by atoms with Gasteiger partial charge in [-0.25, -0.2) is 8.42 Å². The van der Waals surface area contributed by atoms with Crippen LogP contribution < -0.4 is 5.73 Å². The Bertz CT molecular complexity index is 749. The van der Waals surface area contributed by atoms with Crippen LogP contribution in [0.25, 0.3) is 0 Å². The monoisotopic (exact) mass is 346 g/mol. The molecule has 1 aromatic carbocycles. The lowest BCUT2D eigenvalue weighted by Crippen LogP contribution is -2.35. The molecule has 1 unspecified atom stereocenters. The molecule has 0 spiro atoms. The van der Waals surface area contributed by atoms with Crippen molar-refractivity contribution in [3.63, 3.8) is 0 Å². The van der Waals surface area contributed by atoms with Crippen molar-refractivity contribution >= 4 is 33.5 Å². The van der Waals surface area contributed by atoms with Crippen molar-refractivity contribution in [1.82, 2.24) is 4.31 Å². The van der Waals surface area contributed by atoms with Gasteiger partial charge in [0.2, 0.25) is 15.9 Å². The van der Waals surface area contributed by atoms with Crippen LogP contribution in [0.4, 0.5) is 0 Å². The van der Waals surface area contributed by atoms with Crippen LogP contribution in [-0.4, -0.2) is 42.8 Å². The number of benzene rings is 1. The number of aliphatic carboxylic acids is 1. The van der Waals surface area contributed by atoms with Crippen molar-refractivity contribution in [2.75, 3.05) is 13.1 Å². The van der Waals surface area contributed by atoms with Crippen LogP contribution in [0.15, 0.2) is 23.1 Å². The zero-order chi connectivity index (χ0) is 16.7. The van der Waals surface area contributed by atoms with Gasteiger partial charge in [-0.3, -0.25) is 9.59 Å². The molecule has 0 aliphatic carbocycles. The van der Waals surface area contributed by atoms with Crippen LogP contribution in [0.5, 0.6) is 0 Å². The van der Waals surface area contributed by atoms with Gasteiger partial charge in [-0.05, 0) is 31.5 Å². The molecule has 22 heavy (non-hydrogen) atoms. The largest absolute Gasteiger partial charge is 0.481 e. The summed E-state index contributed by atoms with van der Waals surface area (Å²) in [4.78, 5) is 22.3. The van der Waals surface area contributed by atoms with E-state index in [2.05, 4.69) is 0 Å². The molecular weight excluding hydrogens is 332 g/mol. The van der Waals surface area contributed by atoms with Crippen molar-refractivity contribution < 1.29 is 23.1 Å². The lowest BCUT2D eigenvalue weighted by Gasteiger charge is -2.20. The zero-order valence-electron chi connectivity index (χ0n) is 11.7. The second-order valence-electron chi connectivity index (χ2n) is 5.49. The van der Waals surface area contributed by atoms with Gasteiger partial charge in [-0.2, -0.15) is 4.31 Å². The summed E-state index contributed by atoms with van der Waals surface area (Å²) in [6.07, 6.45) is 0.213. The number of rotatable bonds is 4. The molecule has 1 aliphatic heterocycles. The summed E-state index contributed by atoms with van der Waals surface area (Å²) in [5, 5.41) is 9.25. The highest BCUT2D eigenvalue weighted by atomic mass is 35.5. The molecule has 1 saturated heterocycles. The Hall–Kier alpha value is -1.64. The Morgan fingerprint density at radius 3 is 2.50 bits per heavy atom. The number of nitrogens with zero attached hydrogens (tertiary/aromatic N) is 1. The molecule has 0 radical (unpaired) electrons. The number of sulfonamides is 1. The van der Waals surface area contributed by atoms with Gasteiger partial charge >= 0.3 is 5.97 Å². The van der Waals surface area contributed by atoms with E-state index in [0.717, 1.165) is 10.4 Å². The molecule has 1 aliphatic rings. The number of carboxylic acid groups (broad SMARTS) is 1. The summed E-state index contributed by atoms with van der Waals surface area (Å²) < 4.78 is 26.3. The van der Waals surface area contributed by atoms with Crippen molar-refractivity contribution in [3.8, 4) is 0 Å². The van der Waals surface area contributed by atoms with Gasteiger partial charge in [0, 0.05) is 23.7 Å². The molecule has 0 saturated carbocycles. The molecule has 2 rings (SSSR count). The van der Waals surface area contributed by atoms with E-state index in [0.29, 0.717) is 0 Å². The summed E-state index contributed by atoms with van der Waals surface area (Å²) in [6, 6.07) is 3.62. The third-order valence-electron chi connectivity index (χ3n) is 3.75. The number of hydrogen-bond donors (Lipinski definition) is 2. The first-order valence-corrected chi connectivity index (χ1v) is 8.22. The van der Waals surface area contributed by atoms with Crippen LogP contribution in [-0.2, 0) is 14.8 Å². The SMILES string of the molecule is CC1(C(=O)O)CCN(S(=O)(=O)c2cc(Cl)cc(C(N)=O)c2)C1. The summed E-state index contributed by atoms with van der Waals surface area (Å²) in [5.41, 5.74) is 4.00. The van der Waals surface area contributed by atoms with Crippen molar-refractivity contribution in [2.24, 2.45) is 11.1 Å². The first-order chi connectivity index (χ1) is 10.1. The molecule has 1 amide bonds. The van der Waals surface area contributed by atoms with Gasteiger partial charge in [-0.1, -0.05) is 11.6 Å². The van der Waals surface area contributed by atoms with E-state index < -0.39 is 27.3 Å². The molecular formula is C13H15ClN2O5S. The highest BCUT2D eigenvalue weighted by Crippen LogP contribution is 2.34. The first-order valence-electron chi connectivity index (χ1n) is 6.40. The third kappa shape index (κ3) is 2.94. The molecule has 120 valence electrons. The Morgan fingerprint density at radius 2 is 2.00 bits per heavy atom. The van der Waals surface area contributed by atoms with Gasteiger partial charge in [0.1, 0.15) is 0 Å². The Labute approximate surface area is 132 Å². The van der Waals surface area contributed by atoms with Crippen LogP contribution >= 0.6 is 11.6 Å². The van der Waals surface area contributed by atoms with Crippen LogP contribution in [0.2, 0.25) is 5.02 Å². The van der Waals surface area contributed by atoms with Gasteiger partial charge in [0.05, 0.1) is 10.3 Å². The predicted molar refractivity (Wildman–Crippen MR) is 79.1 cm³/mol. The number of halogens is 1. The second-order valence-corrected chi connectivity index (χ2v) is 7.87. The maximum atomic E-state index is 12.6. The molecule has 3 N–H and O–H groups in total. The van der Waals surface area contributed by atoms with E-state index >= 15 is 0 Å². The lowest BCUT2D eigenvalue weighted by molar-refractivity contribution is -0.146. The topological polar surface area (TPSA) is 118 Å². The smallest absolute Gasteiger partial charge is 0.310 e. The highest BCUT2D eigenvalue weighted by Gasteiger charge is 2.45. The number of primary amides is 1. The van der Waals surface area contributed by atoms with E-state index in [-0.39, 0.29) is 35.0 Å². The lowest BCUT2D eigenvalue weighted by atomic mass is 9.90. The summed E-state index contributed by atoms with van der Waals surface area (Å²) in [5.74, 6) is -1.84. The third-order valence-corrected chi connectivity index (χ3v) is 5.79. The standard InChI is InChI=1S/C13H15ClN2O5S/c1-13(12(18)19)2-3-16(7-13)22(20,21)10-5-8(11(15)17)4-9(14)6-10/h4-6H,2-3,7H2,1H3,(H2,15,17)(H,18,19). The minimum absolute atomic E-state index is 0.0220. The van der Waals surface area contributed by atoms with Crippen molar-refractivity contribution in [3.05, 3.63) is 28.8 Å². The van der Waals surface area contributed by atoms with Crippen LogP contribution in [0.1, 0.15) is 23.7 Å². The Kier molecular flexibility index (Phi) is 4.20. The minimum Gasteiger partial charge on any atom is -0.481 e. The molecule has 9 heteroatoms. The number of carbonyl (C=O) groups excluding carboxylic acids is 1. The Morgan fingerprint density at radius 1 is 1.36 bits per heavy atom. The van der Waals surface area contributed by atoms with Gasteiger partial charge in [0.25, 0.3) is 0 Å². The fourth-order valence-corrected chi connectivity index (χ4v) is 4.24. The molecule has 7 nitrogen and oxygen atoms in total. The predicted octanol–water partition coefficient (Wildman–Crippen LogP) is 0.924. The van der Waals surface area contributed by atoms with Crippen LogP contribution in [0, 0.1) is 5.41 Å². The van der Waals surface area contributed by atoms with Crippen molar-refractivity contribution in [1.29, 1.82) is 0 Å². The minimum atomic E-state index is -3.94. The van der Waals surface area contributed by atoms with E-state index in [1.807, 2.05) is 0 Å². The zero-order valence-corrected chi connectivity index (χ0v) is 13.3. The molecule has 1 fully saturated rings. The molecule has 0 bridgehead atoms. The number of nitrogens with two attached hydrogens (primary N) is 1. The molecule has 1 aromatic rings.